The molecule has 0 spiro atoms. The second-order valence-corrected chi connectivity index (χ2v) is 13.8. The van der Waals surface area contributed by atoms with E-state index in [1.165, 1.54) is 66.6 Å². The molecule has 8 aromatic rings. The van der Waals surface area contributed by atoms with Gasteiger partial charge in [-0.15, -0.1) is 11.3 Å². The zero-order valence-corrected chi connectivity index (χ0v) is 35.9. The Morgan fingerprint density at radius 1 is 0.794 bits per heavy atom. The molecule has 8 rings (SSSR count). The second kappa shape index (κ2) is 22.3. The summed E-state index contributed by atoms with van der Waals surface area (Å²) in [7, 11) is 0. The summed E-state index contributed by atoms with van der Waals surface area (Å²) in [5.41, 5.74) is 3.57. The van der Waals surface area contributed by atoms with Crippen LogP contribution in [0.5, 0.6) is 17.6 Å². The molecule has 0 saturated carbocycles. The first-order valence-electron chi connectivity index (χ1n) is 18.3. The van der Waals surface area contributed by atoms with Crippen molar-refractivity contribution in [2.45, 2.75) is 45.2 Å². The number of furan rings is 2. The fourth-order valence-electron chi connectivity index (χ4n) is 6.13. The molecule has 0 fully saturated rings. The summed E-state index contributed by atoms with van der Waals surface area (Å²) >= 11 is 5.34. The van der Waals surface area contributed by atoms with Gasteiger partial charge < -0.3 is 38.7 Å². The number of pyridine rings is 4. The minimum Gasteiger partial charge on any atom is -0.753 e. The molecule has 0 radical (unpaired) electrons. The van der Waals surface area contributed by atoms with E-state index in [0.717, 1.165) is 29.3 Å². The molecule has 0 amide bonds. The number of aromatic nitrogens is 6. The van der Waals surface area contributed by atoms with Crippen LogP contribution in [-0.4, -0.2) is 49.6 Å². The van der Waals surface area contributed by atoms with Gasteiger partial charge in [-0.1, -0.05) is 44.1 Å². The summed E-state index contributed by atoms with van der Waals surface area (Å²) in [5, 5.41) is 18.6. The van der Waals surface area contributed by atoms with Crippen LogP contribution < -0.4 is 19.3 Å². The third kappa shape index (κ3) is 11.8. The van der Waals surface area contributed by atoms with Gasteiger partial charge in [0.05, 0.1) is 17.1 Å². The van der Waals surface area contributed by atoms with Crippen molar-refractivity contribution in [3.8, 4) is 62.2 Å². The van der Waals surface area contributed by atoms with E-state index in [2.05, 4.69) is 60.7 Å². The molecule has 0 aliphatic heterocycles. The molecule has 15 nitrogen and oxygen atoms in total. The first-order chi connectivity index (χ1) is 30.1. The van der Waals surface area contributed by atoms with Gasteiger partial charge >= 0.3 is 38.6 Å². The number of unbranched alkanes of at least 4 members (excludes halogenated alkanes) is 3. The molecule has 0 bridgehead atoms. The van der Waals surface area contributed by atoms with Crippen LogP contribution in [0.3, 0.4) is 0 Å². The fourth-order valence-corrected chi connectivity index (χ4v) is 7.08. The largest absolute Gasteiger partial charge is 2.00 e. The van der Waals surface area contributed by atoms with Gasteiger partial charge in [0.1, 0.15) is 22.8 Å². The molecule has 0 saturated heterocycles. The van der Waals surface area contributed by atoms with Crippen LogP contribution in [-0.2, 0) is 46.5 Å². The molecule has 8 aromatic heterocycles. The number of thiocarbonyl (C=S) groups is 1. The Morgan fingerprint density at radius 3 is 1.92 bits per heavy atom. The summed E-state index contributed by atoms with van der Waals surface area (Å²) < 4.78 is 64.0. The zero-order chi connectivity index (χ0) is 44.1. The number of thiophene rings is 1. The number of rotatable bonds is 15. The third-order valence-corrected chi connectivity index (χ3v) is 9.78. The van der Waals surface area contributed by atoms with Crippen LogP contribution in [0.2, 0.25) is 0 Å². The van der Waals surface area contributed by atoms with Crippen LogP contribution in [0.4, 0.5) is 13.2 Å². The van der Waals surface area contributed by atoms with E-state index in [1.54, 1.807) is 35.7 Å². The molecule has 63 heavy (non-hydrogen) atoms. The number of alkyl halides is 3. The average Bonchev–Trinajstić information content (AvgIpc) is 4.09. The molecule has 0 unspecified atom stereocenters. The van der Waals surface area contributed by atoms with Crippen molar-refractivity contribution >= 4 is 70.1 Å². The summed E-state index contributed by atoms with van der Waals surface area (Å²) in [6.07, 6.45) is 5.94. The minimum atomic E-state index is -4.50. The SMILES string of the molecule is CCCCCCc1ccsc1-c1ccnc(-c2cc(C(F)(F)F)n[n-]2)c1.O=COc1cc(-c2nccc3cc(OC=O)oc23)nc(-c2nccc3cc(OC=O)oc23)c1.[N-]=C=S.[Ru+2]. The van der Waals surface area contributed by atoms with Crippen molar-refractivity contribution in [1.82, 2.24) is 30.1 Å². The monoisotopic (exact) mass is 983 g/mol. The average molecular weight is 983 g/mol. The zero-order valence-electron chi connectivity index (χ0n) is 32.6. The van der Waals surface area contributed by atoms with Gasteiger partial charge in [0.25, 0.3) is 18.4 Å². The molecule has 0 aliphatic rings. The van der Waals surface area contributed by atoms with Crippen molar-refractivity contribution in [3.63, 3.8) is 0 Å². The van der Waals surface area contributed by atoms with Gasteiger partial charge in [0, 0.05) is 58.5 Å². The van der Waals surface area contributed by atoms with E-state index in [1.807, 2.05) is 6.07 Å². The van der Waals surface area contributed by atoms with Crippen molar-refractivity contribution in [2.24, 2.45) is 0 Å². The van der Waals surface area contributed by atoms with Gasteiger partial charge in [0.2, 0.25) is 0 Å². The number of carbonyl (C=O) groups is 3. The molecule has 8 heterocycles. The number of nitrogens with zero attached hydrogens (tertiary/aromatic N) is 7. The van der Waals surface area contributed by atoms with Gasteiger partial charge in [0.15, 0.2) is 11.2 Å². The number of aryl methyl sites for hydroxylation is 1. The third-order valence-electron chi connectivity index (χ3n) is 8.78. The summed E-state index contributed by atoms with van der Waals surface area (Å²) in [4.78, 5) is 50.9. The van der Waals surface area contributed by atoms with Crippen molar-refractivity contribution in [1.29, 1.82) is 0 Å². The summed E-state index contributed by atoms with van der Waals surface area (Å²) in [6.45, 7) is 2.96. The van der Waals surface area contributed by atoms with E-state index in [4.69, 9.17) is 28.5 Å². The van der Waals surface area contributed by atoms with Crippen molar-refractivity contribution in [3.05, 3.63) is 101 Å². The maximum atomic E-state index is 12.7. The predicted molar refractivity (Wildman–Crippen MR) is 223 cm³/mol. The van der Waals surface area contributed by atoms with E-state index < -0.39 is 11.9 Å². The fraction of sp³-hybridized carbons (Fsp3) is 0.167. The smallest absolute Gasteiger partial charge is 0.753 e. The van der Waals surface area contributed by atoms with E-state index in [0.29, 0.717) is 39.0 Å². The van der Waals surface area contributed by atoms with Crippen LogP contribution in [0.25, 0.3) is 72.0 Å². The second-order valence-electron chi connectivity index (χ2n) is 12.7. The Labute approximate surface area is 377 Å². The van der Waals surface area contributed by atoms with Crippen LogP contribution in [0, 0.1) is 0 Å². The normalized spacial score (nSPS) is 10.7. The number of hydrogen-bond donors (Lipinski definition) is 0. The standard InChI is InChI=1S/C22H11N3O8.C19H19F3N3S.CNS.Ru/c26-9-29-14-7-15(19-21-12(1-3-23-19)5-17(32-21)30-10-27)25-16(8-14)20-22-13(2-4-24-20)6-18(33-22)31-11-28;1-2-3-4-5-6-13-8-10-26-18(13)14-7-9-23-15(11-14)16-12-17(25-24-16)19(20,21)22;2-1-3;/h1-11H;7-12H,2-6H2,1H3;;/q;2*-1;+2. The number of fused-ring (bicyclic) bond motifs is 2. The number of isothiocyanates is 1. The molecular formula is C42H30F3N7O8RuS2. The predicted octanol–water partition coefficient (Wildman–Crippen LogP) is 9.93. The number of hydrogen-bond acceptors (Lipinski definition) is 15. The molecule has 21 heteroatoms. The Morgan fingerprint density at radius 2 is 1.38 bits per heavy atom. The van der Waals surface area contributed by atoms with Crippen molar-refractivity contribution < 1.29 is 70.1 Å². The van der Waals surface area contributed by atoms with Crippen LogP contribution in [0.15, 0.2) is 93.5 Å². The van der Waals surface area contributed by atoms with Crippen LogP contribution in [0.1, 0.15) is 43.9 Å². The molecular weight excluding hydrogens is 953 g/mol. The number of halogens is 3. The maximum absolute atomic E-state index is 12.7. The molecule has 322 valence electrons. The molecule has 0 N–H and O–H groups in total. The van der Waals surface area contributed by atoms with E-state index in [-0.39, 0.29) is 73.6 Å². The number of ether oxygens (including phenoxy) is 3. The molecule has 0 aliphatic carbocycles. The Hall–Kier alpha value is -6.79. The molecule has 0 aromatic carbocycles. The Bertz CT molecular complexity index is 2750. The first-order valence-corrected chi connectivity index (χ1v) is 19.6. The van der Waals surface area contributed by atoms with E-state index in [9.17, 15) is 27.6 Å². The van der Waals surface area contributed by atoms with Gasteiger partial charge in [-0.3, -0.25) is 29.3 Å². The Balaban J connectivity index is 0.000000226. The maximum Gasteiger partial charge on any atom is 2.00 e. The van der Waals surface area contributed by atoms with Gasteiger partial charge in [-0.05, 0) is 65.7 Å². The van der Waals surface area contributed by atoms with Crippen LogP contribution >= 0.6 is 23.6 Å². The van der Waals surface area contributed by atoms with E-state index >= 15 is 0 Å². The first kappa shape index (κ1) is 47.3. The summed E-state index contributed by atoms with van der Waals surface area (Å²) in [5.74, 6) is 0.133. The topological polar surface area (TPSA) is 206 Å². The quantitative estimate of drug-likeness (QED) is 0.0308. The van der Waals surface area contributed by atoms with Crippen molar-refractivity contribution in [2.75, 3.05) is 0 Å². The van der Waals surface area contributed by atoms with Gasteiger partial charge in [-0.2, -0.15) is 18.3 Å². The summed E-state index contributed by atoms with van der Waals surface area (Å²) in [6, 6.07) is 16.1. The minimum absolute atomic E-state index is 0. The molecule has 0 atom stereocenters. The Kier molecular flexibility index (Phi) is 16.8. The van der Waals surface area contributed by atoms with Gasteiger partial charge in [-0.25, -0.2) is 4.98 Å². The number of carbonyl (C=O) groups excluding carboxylic acids is 3.